The Balaban J connectivity index is 0.00000400. The van der Waals surface area contributed by atoms with Crippen LogP contribution in [0.1, 0.15) is 12.5 Å². The van der Waals surface area contributed by atoms with Crippen molar-refractivity contribution in [1.82, 2.24) is 5.32 Å². The van der Waals surface area contributed by atoms with Crippen LogP contribution in [0, 0.1) is 0 Å². The summed E-state index contributed by atoms with van der Waals surface area (Å²) in [7, 11) is 1.65. The molecule has 0 saturated carbocycles. The fraction of sp³-hybridized carbons (Fsp3) is 0.400. The molecule has 0 spiro atoms. The number of guanidine groups is 1. The van der Waals surface area contributed by atoms with Gasteiger partial charge in [0.1, 0.15) is 12.4 Å². The van der Waals surface area contributed by atoms with E-state index in [0.717, 1.165) is 16.9 Å². The van der Waals surface area contributed by atoms with E-state index in [2.05, 4.69) is 16.9 Å². The third-order valence-corrected chi connectivity index (χ3v) is 2.48. The van der Waals surface area contributed by atoms with Gasteiger partial charge in [-0.1, -0.05) is 24.3 Å². The summed E-state index contributed by atoms with van der Waals surface area (Å²) in [4.78, 5) is 4.25. The summed E-state index contributed by atoms with van der Waals surface area (Å²) in [5.41, 5.74) is 7.83. The van der Waals surface area contributed by atoms with Crippen molar-refractivity contribution in [1.29, 1.82) is 0 Å². The third-order valence-electron chi connectivity index (χ3n) is 2.48. The Morgan fingerprint density at radius 3 is 2.52 bits per heavy atom. The first kappa shape index (κ1) is 19.7. The molecule has 1 aromatic carbocycles. The smallest absolute Gasteiger partial charge is 0.189 e. The molecule has 0 saturated heterocycles. The molecule has 0 heterocycles. The molecular weight excluding hydrogens is 381 g/mol. The second kappa shape index (κ2) is 11.4. The van der Waals surface area contributed by atoms with E-state index < -0.39 is 0 Å². The standard InChI is InChI=1S/C15H23N3O2.HI/c1-12(2)10-17-15(16)18-11-13-4-6-14(7-5-13)20-9-8-19-3;/h4-7H,1,8-11H2,2-3H3,(H3,16,17,18);1H. The zero-order valence-electron chi connectivity index (χ0n) is 12.6. The Kier molecular flexibility index (Phi) is 10.7. The number of aliphatic imine (C=N–C) groups is 1. The highest BCUT2D eigenvalue weighted by molar-refractivity contribution is 14.0. The van der Waals surface area contributed by atoms with Gasteiger partial charge in [0.2, 0.25) is 0 Å². The van der Waals surface area contributed by atoms with E-state index in [0.29, 0.717) is 32.3 Å². The van der Waals surface area contributed by atoms with E-state index >= 15 is 0 Å². The van der Waals surface area contributed by atoms with Gasteiger partial charge in [-0.2, -0.15) is 0 Å². The summed E-state index contributed by atoms with van der Waals surface area (Å²) < 4.78 is 10.4. The molecule has 0 aliphatic rings. The van der Waals surface area contributed by atoms with Crippen molar-refractivity contribution < 1.29 is 9.47 Å². The van der Waals surface area contributed by atoms with Gasteiger partial charge in [0.15, 0.2) is 5.96 Å². The van der Waals surface area contributed by atoms with E-state index in [9.17, 15) is 0 Å². The van der Waals surface area contributed by atoms with Crippen molar-refractivity contribution in [2.45, 2.75) is 13.5 Å². The van der Waals surface area contributed by atoms with Gasteiger partial charge in [-0.05, 0) is 24.6 Å². The van der Waals surface area contributed by atoms with Crippen molar-refractivity contribution in [2.75, 3.05) is 26.9 Å². The maximum atomic E-state index is 5.74. The highest BCUT2D eigenvalue weighted by Crippen LogP contribution is 2.12. The topological polar surface area (TPSA) is 68.9 Å². The largest absolute Gasteiger partial charge is 0.491 e. The molecule has 0 radical (unpaired) electrons. The zero-order chi connectivity index (χ0) is 14.8. The number of nitrogens with two attached hydrogens (primary N) is 1. The first-order chi connectivity index (χ1) is 9.61. The molecule has 0 aromatic heterocycles. The second-order valence-electron chi connectivity index (χ2n) is 4.50. The summed E-state index contributed by atoms with van der Waals surface area (Å²) in [6.45, 7) is 8.03. The van der Waals surface area contributed by atoms with Gasteiger partial charge in [-0.3, -0.25) is 0 Å². The molecule has 3 N–H and O–H groups in total. The summed E-state index contributed by atoms with van der Waals surface area (Å²) >= 11 is 0. The normalized spacial score (nSPS) is 10.7. The van der Waals surface area contributed by atoms with Crippen molar-refractivity contribution >= 4 is 29.9 Å². The quantitative estimate of drug-likeness (QED) is 0.229. The Hall–Kier alpha value is -1.28. The average molecular weight is 405 g/mol. The van der Waals surface area contributed by atoms with Crippen molar-refractivity contribution in [3.05, 3.63) is 42.0 Å². The van der Waals surface area contributed by atoms with Gasteiger partial charge >= 0.3 is 0 Å². The van der Waals surface area contributed by atoms with Crippen molar-refractivity contribution in [2.24, 2.45) is 10.7 Å². The predicted octanol–water partition coefficient (Wildman–Crippen LogP) is 2.31. The first-order valence-electron chi connectivity index (χ1n) is 6.50. The van der Waals surface area contributed by atoms with Crippen molar-refractivity contribution in [3.8, 4) is 5.75 Å². The number of ether oxygens (including phenoxy) is 2. The lowest BCUT2D eigenvalue weighted by molar-refractivity contribution is 0.146. The van der Waals surface area contributed by atoms with Crippen LogP contribution in [0.4, 0.5) is 0 Å². The molecule has 1 aromatic rings. The fourth-order valence-corrected chi connectivity index (χ4v) is 1.41. The second-order valence-corrected chi connectivity index (χ2v) is 4.50. The minimum Gasteiger partial charge on any atom is -0.491 e. The van der Waals surface area contributed by atoms with Gasteiger partial charge < -0.3 is 20.5 Å². The average Bonchev–Trinajstić information content (AvgIpc) is 2.44. The number of nitrogens with zero attached hydrogens (tertiary/aromatic N) is 1. The number of nitrogens with one attached hydrogen (secondary N) is 1. The maximum Gasteiger partial charge on any atom is 0.189 e. The van der Waals surface area contributed by atoms with E-state index in [1.54, 1.807) is 7.11 Å². The Morgan fingerprint density at radius 2 is 1.95 bits per heavy atom. The van der Waals surface area contributed by atoms with Crippen LogP contribution < -0.4 is 15.8 Å². The van der Waals surface area contributed by atoms with E-state index in [1.165, 1.54) is 0 Å². The molecule has 1 rings (SSSR count). The Bertz CT molecular complexity index is 447. The zero-order valence-corrected chi connectivity index (χ0v) is 14.9. The van der Waals surface area contributed by atoms with Crippen LogP contribution >= 0.6 is 24.0 Å². The van der Waals surface area contributed by atoms with Crippen LogP contribution in [0.3, 0.4) is 0 Å². The number of hydrogen-bond donors (Lipinski definition) is 2. The van der Waals surface area contributed by atoms with E-state index in [1.807, 2.05) is 31.2 Å². The minimum atomic E-state index is 0. The van der Waals surface area contributed by atoms with Crippen LogP contribution in [0.2, 0.25) is 0 Å². The molecular formula is C15H24IN3O2. The maximum absolute atomic E-state index is 5.74. The molecule has 6 heteroatoms. The Labute approximate surface area is 143 Å². The van der Waals surface area contributed by atoms with Crippen LogP contribution in [-0.2, 0) is 11.3 Å². The molecule has 5 nitrogen and oxygen atoms in total. The molecule has 0 aliphatic heterocycles. The number of benzene rings is 1. The lowest BCUT2D eigenvalue weighted by atomic mass is 10.2. The SMILES string of the molecule is C=C(C)CNC(N)=NCc1ccc(OCCOC)cc1.I. The minimum absolute atomic E-state index is 0. The van der Waals surface area contributed by atoms with E-state index in [-0.39, 0.29) is 24.0 Å². The summed E-state index contributed by atoms with van der Waals surface area (Å²) in [5.74, 6) is 1.25. The number of methoxy groups -OCH3 is 1. The summed E-state index contributed by atoms with van der Waals surface area (Å²) in [5, 5.41) is 2.99. The van der Waals surface area contributed by atoms with Crippen LogP contribution in [0.5, 0.6) is 5.75 Å². The van der Waals surface area contributed by atoms with Gasteiger partial charge in [-0.25, -0.2) is 4.99 Å². The molecule has 21 heavy (non-hydrogen) atoms. The van der Waals surface area contributed by atoms with Crippen LogP contribution in [0.15, 0.2) is 41.4 Å². The van der Waals surface area contributed by atoms with Gasteiger partial charge in [-0.15, -0.1) is 24.0 Å². The number of rotatable bonds is 8. The highest BCUT2D eigenvalue weighted by atomic mass is 127. The molecule has 0 amide bonds. The van der Waals surface area contributed by atoms with Crippen LogP contribution in [-0.4, -0.2) is 32.8 Å². The first-order valence-corrected chi connectivity index (χ1v) is 6.50. The Morgan fingerprint density at radius 1 is 1.29 bits per heavy atom. The lowest BCUT2D eigenvalue weighted by Crippen LogP contribution is -2.32. The molecule has 0 fully saturated rings. The monoisotopic (exact) mass is 405 g/mol. The summed E-state index contributed by atoms with van der Waals surface area (Å²) in [6.07, 6.45) is 0. The number of hydrogen-bond acceptors (Lipinski definition) is 3. The molecule has 0 bridgehead atoms. The third kappa shape index (κ3) is 9.30. The predicted molar refractivity (Wildman–Crippen MR) is 97.4 cm³/mol. The lowest BCUT2D eigenvalue weighted by Gasteiger charge is -2.07. The molecule has 0 atom stereocenters. The summed E-state index contributed by atoms with van der Waals surface area (Å²) in [6, 6.07) is 7.77. The highest BCUT2D eigenvalue weighted by Gasteiger charge is 1.96. The van der Waals surface area contributed by atoms with E-state index in [4.69, 9.17) is 15.2 Å². The van der Waals surface area contributed by atoms with Gasteiger partial charge in [0.05, 0.1) is 13.2 Å². The molecule has 118 valence electrons. The van der Waals surface area contributed by atoms with Gasteiger partial charge in [0.25, 0.3) is 0 Å². The molecule has 0 unspecified atom stereocenters. The van der Waals surface area contributed by atoms with Gasteiger partial charge in [0, 0.05) is 13.7 Å². The van der Waals surface area contributed by atoms with Crippen molar-refractivity contribution in [3.63, 3.8) is 0 Å². The van der Waals surface area contributed by atoms with Crippen LogP contribution in [0.25, 0.3) is 0 Å². The number of halogens is 1. The molecule has 0 aliphatic carbocycles. The fourth-order valence-electron chi connectivity index (χ4n) is 1.41.